The van der Waals surface area contributed by atoms with Crippen LogP contribution in [0.4, 0.5) is 17.2 Å². The standard InChI is InChI=1S/C19H24N4O3/c1-13-7-9-23(10-8-13)16-5-3-15(4-6-16)20-18(24)12-19(25)21-17-11-14(2)26-22-17/h3-6,11,13H,7-10,12H2,1-2H3,(H,20,24)(H,21,22,25). The summed E-state index contributed by atoms with van der Waals surface area (Å²) in [5.74, 6) is 0.878. The molecule has 7 heteroatoms. The molecule has 138 valence electrons. The minimum atomic E-state index is -0.435. The summed E-state index contributed by atoms with van der Waals surface area (Å²) in [4.78, 5) is 26.2. The van der Waals surface area contributed by atoms with E-state index in [0.717, 1.165) is 24.7 Å². The van der Waals surface area contributed by atoms with Gasteiger partial charge in [0.05, 0.1) is 0 Å². The maximum absolute atomic E-state index is 12.0. The van der Waals surface area contributed by atoms with Crippen molar-refractivity contribution in [3.8, 4) is 0 Å². The van der Waals surface area contributed by atoms with Crippen LogP contribution in [0.3, 0.4) is 0 Å². The van der Waals surface area contributed by atoms with Crippen LogP contribution in [0.1, 0.15) is 31.9 Å². The van der Waals surface area contributed by atoms with Gasteiger partial charge in [0.1, 0.15) is 12.2 Å². The maximum atomic E-state index is 12.0. The van der Waals surface area contributed by atoms with Gasteiger partial charge in [0, 0.05) is 30.5 Å². The summed E-state index contributed by atoms with van der Waals surface area (Å²) in [5, 5.41) is 8.93. The van der Waals surface area contributed by atoms with Gasteiger partial charge in [0.25, 0.3) is 0 Å². The highest BCUT2D eigenvalue weighted by Gasteiger charge is 2.16. The molecule has 2 amide bonds. The molecule has 1 aromatic carbocycles. The van der Waals surface area contributed by atoms with Crippen molar-refractivity contribution in [2.24, 2.45) is 5.92 Å². The van der Waals surface area contributed by atoms with E-state index in [2.05, 4.69) is 27.6 Å². The zero-order chi connectivity index (χ0) is 18.5. The molecule has 0 spiro atoms. The second-order valence-electron chi connectivity index (χ2n) is 6.81. The number of carbonyl (C=O) groups excluding carboxylic acids is 2. The van der Waals surface area contributed by atoms with Crippen molar-refractivity contribution in [3.63, 3.8) is 0 Å². The predicted molar refractivity (Wildman–Crippen MR) is 100 cm³/mol. The van der Waals surface area contributed by atoms with Crippen molar-refractivity contribution in [1.29, 1.82) is 0 Å². The van der Waals surface area contributed by atoms with Crippen molar-refractivity contribution in [3.05, 3.63) is 36.1 Å². The smallest absolute Gasteiger partial charge is 0.235 e. The summed E-state index contributed by atoms with van der Waals surface area (Å²) in [7, 11) is 0. The number of nitrogens with zero attached hydrogens (tertiary/aromatic N) is 2. The largest absolute Gasteiger partial charge is 0.372 e. The van der Waals surface area contributed by atoms with Gasteiger partial charge in [0.2, 0.25) is 11.8 Å². The van der Waals surface area contributed by atoms with E-state index in [9.17, 15) is 9.59 Å². The Balaban J connectivity index is 1.48. The van der Waals surface area contributed by atoms with Gasteiger partial charge in [-0.05, 0) is 49.9 Å². The summed E-state index contributed by atoms with van der Waals surface area (Å²) in [6.45, 7) is 6.14. The van der Waals surface area contributed by atoms with Crippen LogP contribution >= 0.6 is 0 Å². The molecule has 0 atom stereocenters. The van der Waals surface area contributed by atoms with Gasteiger partial charge in [0.15, 0.2) is 5.82 Å². The number of piperidine rings is 1. The highest BCUT2D eigenvalue weighted by atomic mass is 16.5. The monoisotopic (exact) mass is 356 g/mol. The Morgan fingerprint density at radius 3 is 2.42 bits per heavy atom. The van der Waals surface area contributed by atoms with Crippen LogP contribution in [0.2, 0.25) is 0 Å². The molecule has 0 saturated carbocycles. The van der Waals surface area contributed by atoms with Gasteiger partial charge >= 0.3 is 0 Å². The van der Waals surface area contributed by atoms with Crippen LogP contribution in [0.5, 0.6) is 0 Å². The van der Waals surface area contributed by atoms with Crippen molar-refractivity contribution < 1.29 is 14.1 Å². The minimum Gasteiger partial charge on any atom is -0.372 e. The van der Waals surface area contributed by atoms with Crippen molar-refractivity contribution in [2.75, 3.05) is 28.6 Å². The first-order chi connectivity index (χ1) is 12.5. The molecule has 0 bridgehead atoms. The topological polar surface area (TPSA) is 87.5 Å². The van der Waals surface area contributed by atoms with Crippen LogP contribution in [0, 0.1) is 12.8 Å². The highest BCUT2D eigenvalue weighted by molar-refractivity contribution is 6.07. The second kappa shape index (κ2) is 8.03. The lowest BCUT2D eigenvalue weighted by Crippen LogP contribution is -2.32. The average Bonchev–Trinajstić information content (AvgIpc) is 3.01. The van der Waals surface area contributed by atoms with Gasteiger partial charge in [-0.1, -0.05) is 12.1 Å². The molecule has 1 saturated heterocycles. The van der Waals surface area contributed by atoms with E-state index >= 15 is 0 Å². The molecule has 2 aromatic rings. The number of aryl methyl sites for hydroxylation is 1. The Kier molecular flexibility index (Phi) is 5.55. The van der Waals surface area contributed by atoms with Crippen molar-refractivity contribution in [2.45, 2.75) is 33.1 Å². The van der Waals surface area contributed by atoms with Gasteiger partial charge in [-0.25, -0.2) is 0 Å². The molecule has 26 heavy (non-hydrogen) atoms. The fraction of sp³-hybridized carbons (Fsp3) is 0.421. The molecule has 1 aliphatic heterocycles. The number of carbonyl (C=O) groups is 2. The van der Waals surface area contributed by atoms with Gasteiger partial charge < -0.3 is 20.1 Å². The second-order valence-corrected chi connectivity index (χ2v) is 6.81. The number of rotatable bonds is 5. The summed E-state index contributed by atoms with van der Waals surface area (Å²) in [6.07, 6.45) is 2.13. The van der Waals surface area contributed by atoms with E-state index in [4.69, 9.17) is 4.52 Å². The first-order valence-electron chi connectivity index (χ1n) is 8.87. The lowest BCUT2D eigenvalue weighted by molar-refractivity contribution is -0.123. The molecule has 0 unspecified atom stereocenters. The third kappa shape index (κ3) is 4.84. The molecule has 1 fully saturated rings. The molecule has 2 heterocycles. The van der Waals surface area contributed by atoms with E-state index < -0.39 is 5.91 Å². The van der Waals surface area contributed by atoms with E-state index in [1.54, 1.807) is 13.0 Å². The third-order valence-corrected chi connectivity index (χ3v) is 4.52. The Morgan fingerprint density at radius 2 is 1.81 bits per heavy atom. The van der Waals surface area contributed by atoms with E-state index in [0.29, 0.717) is 17.3 Å². The van der Waals surface area contributed by atoms with Gasteiger partial charge in [-0.15, -0.1) is 0 Å². The molecule has 0 aliphatic carbocycles. The molecular formula is C19H24N4O3. The van der Waals surface area contributed by atoms with Gasteiger partial charge in [-0.3, -0.25) is 9.59 Å². The normalized spacial score (nSPS) is 14.9. The van der Waals surface area contributed by atoms with Crippen LogP contribution in [-0.4, -0.2) is 30.1 Å². The zero-order valence-electron chi connectivity index (χ0n) is 15.1. The number of hydrogen-bond donors (Lipinski definition) is 2. The quantitative estimate of drug-likeness (QED) is 0.804. The van der Waals surface area contributed by atoms with Gasteiger partial charge in [-0.2, -0.15) is 0 Å². The van der Waals surface area contributed by atoms with E-state index in [-0.39, 0.29) is 12.3 Å². The molecule has 2 N–H and O–H groups in total. The number of amides is 2. The van der Waals surface area contributed by atoms with Crippen LogP contribution < -0.4 is 15.5 Å². The Morgan fingerprint density at radius 1 is 1.15 bits per heavy atom. The summed E-state index contributed by atoms with van der Waals surface area (Å²) in [5.41, 5.74) is 1.84. The van der Waals surface area contributed by atoms with Crippen molar-refractivity contribution >= 4 is 29.0 Å². The molecule has 1 aliphatic rings. The average molecular weight is 356 g/mol. The highest BCUT2D eigenvalue weighted by Crippen LogP contribution is 2.24. The lowest BCUT2D eigenvalue weighted by Gasteiger charge is -2.32. The third-order valence-electron chi connectivity index (χ3n) is 4.52. The number of benzene rings is 1. The Hall–Kier alpha value is -2.83. The number of nitrogens with one attached hydrogen (secondary N) is 2. The van der Waals surface area contributed by atoms with E-state index in [1.807, 2.05) is 24.3 Å². The minimum absolute atomic E-state index is 0.280. The van der Waals surface area contributed by atoms with Crippen LogP contribution in [0.15, 0.2) is 34.9 Å². The molecule has 7 nitrogen and oxygen atoms in total. The predicted octanol–water partition coefficient (Wildman–Crippen LogP) is 3.19. The molecule has 3 rings (SSSR count). The summed E-state index contributed by atoms with van der Waals surface area (Å²) in [6, 6.07) is 9.33. The van der Waals surface area contributed by atoms with Crippen molar-refractivity contribution in [1.82, 2.24) is 5.16 Å². The number of anilines is 3. The first kappa shape index (κ1) is 18.0. The molecule has 0 radical (unpaired) electrons. The maximum Gasteiger partial charge on any atom is 0.235 e. The number of aromatic nitrogens is 1. The number of hydrogen-bond acceptors (Lipinski definition) is 5. The van der Waals surface area contributed by atoms with Crippen LogP contribution in [-0.2, 0) is 9.59 Å². The van der Waals surface area contributed by atoms with E-state index in [1.165, 1.54) is 12.8 Å². The zero-order valence-corrected chi connectivity index (χ0v) is 15.1. The first-order valence-corrected chi connectivity index (χ1v) is 8.87. The fourth-order valence-electron chi connectivity index (χ4n) is 2.99. The van der Waals surface area contributed by atoms with Crippen LogP contribution in [0.25, 0.3) is 0 Å². The molecule has 1 aromatic heterocycles. The fourth-order valence-corrected chi connectivity index (χ4v) is 2.99. The Bertz CT molecular complexity index is 761. The summed E-state index contributed by atoms with van der Waals surface area (Å²) < 4.78 is 4.86. The lowest BCUT2D eigenvalue weighted by atomic mass is 9.99. The SMILES string of the molecule is Cc1cc(NC(=O)CC(=O)Nc2ccc(N3CCC(C)CC3)cc2)no1. The Labute approximate surface area is 152 Å². The summed E-state index contributed by atoms with van der Waals surface area (Å²) >= 11 is 0. The molecular weight excluding hydrogens is 332 g/mol.